The Morgan fingerprint density at radius 3 is 2.80 bits per heavy atom. The van der Waals surface area contributed by atoms with Gasteiger partial charge in [-0.25, -0.2) is 9.37 Å². The Labute approximate surface area is 150 Å². The zero-order valence-electron chi connectivity index (χ0n) is 14.2. The lowest BCUT2D eigenvalue weighted by Gasteiger charge is -2.08. The molecule has 2 aromatic rings. The van der Waals surface area contributed by atoms with E-state index >= 15 is 0 Å². The molecule has 0 aliphatic rings. The monoisotopic (exact) mass is 363 g/mol. The topological polar surface area (TPSA) is 79.0 Å². The van der Waals surface area contributed by atoms with Gasteiger partial charge in [-0.1, -0.05) is 11.6 Å². The molecule has 1 aromatic heterocycles. The summed E-state index contributed by atoms with van der Waals surface area (Å²) in [4.78, 5) is 16.2. The van der Waals surface area contributed by atoms with E-state index in [0.29, 0.717) is 35.0 Å². The third-order valence-electron chi connectivity index (χ3n) is 3.53. The van der Waals surface area contributed by atoms with Crippen molar-refractivity contribution in [3.05, 3.63) is 52.9 Å². The Bertz CT molecular complexity index is 843. The van der Waals surface area contributed by atoms with Crippen LogP contribution in [0, 0.1) is 18.2 Å². The molecule has 0 fully saturated rings. The van der Waals surface area contributed by atoms with E-state index in [0.717, 1.165) is 0 Å². The van der Waals surface area contributed by atoms with Gasteiger partial charge in [-0.15, -0.1) is 0 Å². The fourth-order valence-electron chi connectivity index (χ4n) is 2.40. The molecule has 1 aromatic carbocycles. The molecule has 0 amide bonds. The fourth-order valence-corrected chi connectivity index (χ4v) is 2.53. The summed E-state index contributed by atoms with van der Waals surface area (Å²) in [6.45, 7) is 5.66. The molecule has 1 heterocycles. The predicted octanol–water partition coefficient (Wildman–Crippen LogP) is 4.24. The maximum Gasteiger partial charge on any atom is 0.192 e. The summed E-state index contributed by atoms with van der Waals surface area (Å²) < 4.78 is 19.2. The molecule has 0 spiro atoms. The second-order valence-corrected chi connectivity index (χ2v) is 5.85. The van der Waals surface area contributed by atoms with Crippen LogP contribution in [-0.2, 0) is 6.42 Å². The van der Waals surface area contributed by atoms with Gasteiger partial charge in [0.15, 0.2) is 17.4 Å². The van der Waals surface area contributed by atoms with Crippen LogP contribution < -0.4 is 5.32 Å². The molecule has 7 heteroatoms. The SMILES string of the molecule is CCN/C=C(/Cc1nc(C)oc1-c1ccc(F)cc1C(C)=O)C(=N)Cl. The number of carbonyl (C=O) groups excluding carboxylic acids is 1. The van der Waals surface area contributed by atoms with Gasteiger partial charge in [0.05, 0.1) is 5.69 Å². The number of ketones is 1. The van der Waals surface area contributed by atoms with Crippen molar-refractivity contribution in [2.24, 2.45) is 0 Å². The number of nitrogens with zero attached hydrogens (tertiary/aromatic N) is 1. The first-order valence-electron chi connectivity index (χ1n) is 7.77. The first-order valence-corrected chi connectivity index (χ1v) is 8.15. The minimum absolute atomic E-state index is 0.113. The maximum absolute atomic E-state index is 13.5. The average Bonchev–Trinajstić information content (AvgIpc) is 2.91. The van der Waals surface area contributed by atoms with Crippen molar-refractivity contribution in [3.8, 4) is 11.3 Å². The lowest BCUT2D eigenvalue weighted by molar-refractivity contribution is 0.101. The van der Waals surface area contributed by atoms with Crippen molar-refractivity contribution in [1.82, 2.24) is 10.3 Å². The Hall–Kier alpha value is -2.47. The number of allylic oxidation sites excluding steroid dienone is 1. The summed E-state index contributed by atoms with van der Waals surface area (Å²) in [5.74, 6) is 0.0146. The maximum atomic E-state index is 13.5. The van der Waals surface area contributed by atoms with Crippen molar-refractivity contribution in [1.29, 1.82) is 5.41 Å². The van der Waals surface area contributed by atoms with Crippen LogP contribution in [-0.4, -0.2) is 22.5 Å². The molecular weight excluding hydrogens is 345 g/mol. The van der Waals surface area contributed by atoms with Gasteiger partial charge in [-0.2, -0.15) is 0 Å². The van der Waals surface area contributed by atoms with Crippen LogP contribution in [0.2, 0.25) is 0 Å². The van der Waals surface area contributed by atoms with Gasteiger partial charge in [-0.3, -0.25) is 10.2 Å². The third kappa shape index (κ3) is 4.54. The smallest absolute Gasteiger partial charge is 0.192 e. The zero-order valence-corrected chi connectivity index (χ0v) is 15.0. The molecule has 0 radical (unpaired) electrons. The summed E-state index contributed by atoms with van der Waals surface area (Å²) in [6, 6.07) is 3.94. The van der Waals surface area contributed by atoms with E-state index in [9.17, 15) is 9.18 Å². The van der Waals surface area contributed by atoms with Gasteiger partial charge >= 0.3 is 0 Å². The van der Waals surface area contributed by atoms with Gasteiger partial charge in [0.1, 0.15) is 11.0 Å². The number of nitrogens with one attached hydrogen (secondary N) is 2. The first kappa shape index (κ1) is 18.9. The van der Waals surface area contributed by atoms with E-state index in [2.05, 4.69) is 10.3 Å². The molecule has 2 rings (SSSR count). The first-order chi connectivity index (χ1) is 11.8. The van der Waals surface area contributed by atoms with Crippen molar-refractivity contribution in [2.75, 3.05) is 6.54 Å². The molecule has 0 bridgehead atoms. The van der Waals surface area contributed by atoms with Gasteiger partial charge in [-0.05, 0) is 32.0 Å². The highest BCUT2D eigenvalue weighted by Gasteiger charge is 2.20. The molecule has 5 nitrogen and oxygen atoms in total. The molecule has 0 aliphatic heterocycles. The summed E-state index contributed by atoms with van der Waals surface area (Å²) >= 11 is 5.85. The highest BCUT2D eigenvalue weighted by Crippen LogP contribution is 2.30. The quantitative estimate of drug-likeness (QED) is 0.569. The molecule has 0 aliphatic carbocycles. The number of hydrogen-bond donors (Lipinski definition) is 2. The Morgan fingerprint density at radius 1 is 1.48 bits per heavy atom. The van der Waals surface area contributed by atoms with Gasteiger partial charge < -0.3 is 9.73 Å². The lowest BCUT2D eigenvalue weighted by Crippen LogP contribution is -2.09. The van der Waals surface area contributed by atoms with E-state index in [1.807, 2.05) is 6.92 Å². The minimum Gasteiger partial charge on any atom is -0.441 e. The summed E-state index contributed by atoms with van der Waals surface area (Å²) in [5.41, 5.74) is 1.75. The highest BCUT2D eigenvalue weighted by atomic mass is 35.5. The molecule has 132 valence electrons. The molecule has 0 unspecified atom stereocenters. The van der Waals surface area contributed by atoms with Gasteiger partial charge in [0.25, 0.3) is 0 Å². The summed E-state index contributed by atoms with van der Waals surface area (Å²) in [7, 11) is 0. The van der Waals surface area contributed by atoms with Crippen LogP contribution in [0.4, 0.5) is 4.39 Å². The molecular formula is C18H19ClFN3O2. The predicted molar refractivity (Wildman–Crippen MR) is 95.7 cm³/mol. The number of carbonyl (C=O) groups is 1. The van der Waals surface area contributed by atoms with Gasteiger partial charge in [0, 0.05) is 42.8 Å². The molecule has 0 saturated heterocycles. The number of hydrogen-bond acceptors (Lipinski definition) is 5. The van der Waals surface area contributed by atoms with E-state index in [1.165, 1.54) is 25.1 Å². The normalized spacial score (nSPS) is 11.5. The van der Waals surface area contributed by atoms with E-state index in [1.54, 1.807) is 13.1 Å². The third-order valence-corrected chi connectivity index (χ3v) is 3.77. The minimum atomic E-state index is -0.498. The molecule has 2 N–H and O–H groups in total. The summed E-state index contributed by atoms with van der Waals surface area (Å²) in [6.07, 6.45) is 1.90. The van der Waals surface area contributed by atoms with Gasteiger partial charge in [0.2, 0.25) is 0 Å². The van der Waals surface area contributed by atoms with E-state index in [4.69, 9.17) is 21.4 Å². The number of aryl methyl sites for hydroxylation is 1. The van der Waals surface area contributed by atoms with Crippen molar-refractivity contribution >= 4 is 22.6 Å². The number of benzene rings is 1. The van der Waals surface area contributed by atoms with Crippen molar-refractivity contribution in [2.45, 2.75) is 27.2 Å². The van der Waals surface area contributed by atoms with Crippen LogP contribution in [0.25, 0.3) is 11.3 Å². The molecule has 25 heavy (non-hydrogen) atoms. The number of rotatable bonds is 7. The Kier molecular flexibility index (Phi) is 6.09. The average molecular weight is 364 g/mol. The second kappa shape index (κ2) is 8.07. The highest BCUT2D eigenvalue weighted by molar-refractivity contribution is 6.68. The second-order valence-electron chi connectivity index (χ2n) is 5.47. The van der Waals surface area contributed by atoms with Crippen molar-refractivity contribution < 1.29 is 13.6 Å². The van der Waals surface area contributed by atoms with E-state index < -0.39 is 5.82 Å². The summed E-state index contributed by atoms with van der Waals surface area (Å²) in [5, 5.41) is 10.6. The largest absolute Gasteiger partial charge is 0.441 e. The van der Waals surface area contributed by atoms with Crippen LogP contribution in [0.15, 0.2) is 34.4 Å². The van der Waals surface area contributed by atoms with Crippen LogP contribution in [0.3, 0.4) is 0 Å². The number of Topliss-reactive ketones (excluding diaryl/α,β-unsaturated/α-hetero) is 1. The van der Waals surface area contributed by atoms with E-state index in [-0.39, 0.29) is 22.9 Å². The number of halogens is 2. The van der Waals surface area contributed by atoms with Crippen LogP contribution in [0.1, 0.15) is 35.8 Å². The van der Waals surface area contributed by atoms with Crippen molar-refractivity contribution in [3.63, 3.8) is 0 Å². The lowest BCUT2D eigenvalue weighted by atomic mass is 9.99. The number of aromatic nitrogens is 1. The zero-order chi connectivity index (χ0) is 18.6. The molecule has 0 atom stereocenters. The van der Waals surface area contributed by atoms with Crippen LogP contribution >= 0.6 is 11.6 Å². The Morgan fingerprint density at radius 2 is 2.20 bits per heavy atom. The number of oxazole rings is 1. The standard InChI is InChI=1S/C18H19ClFN3O2/c1-4-22-9-12(18(19)21)7-16-17(25-11(3)23-16)14-6-5-13(20)8-15(14)10(2)24/h5-6,8-9,21-22H,4,7H2,1-3H3/b12-9-,21-18?. The van der Waals surface area contributed by atoms with Crippen LogP contribution in [0.5, 0.6) is 0 Å². The molecule has 0 saturated carbocycles. The Balaban J connectivity index is 2.52. The fraction of sp³-hybridized carbons (Fsp3) is 0.278.